The minimum atomic E-state index is -3.94. The molecule has 3 rings (SSSR count). The Bertz CT molecular complexity index is 1190. The van der Waals surface area contributed by atoms with Crippen molar-refractivity contribution < 1.29 is 13.2 Å². The third-order valence-corrected chi connectivity index (χ3v) is 7.11. The number of halogens is 1. The van der Waals surface area contributed by atoms with Gasteiger partial charge in [-0.2, -0.15) is 5.10 Å². The summed E-state index contributed by atoms with van der Waals surface area (Å²) in [7, 11) is -3.94. The molecule has 0 bridgehead atoms. The van der Waals surface area contributed by atoms with Crippen LogP contribution in [0.3, 0.4) is 0 Å². The zero-order valence-electron chi connectivity index (χ0n) is 17.1. The molecule has 1 N–H and O–H groups in total. The molecule has 0 spiro atoms. The summed E-state index contributed by atoms with van der Waals surface area (Å²) in [6, 6.07) is 22.8. The van der Waals surface area contributed by atoms with E-state index in [4.69, 9.17) is 0 Å². The molecule has 0 aliphatic carbocycles. The lowest BCUT2D eigenvalue weighted by Gasteiger charge is -2.25. The van der Waals surface area contributed by atoms with Crippen molar-refractivity contribution in [3.8, 4) is 0 Å². The van der Waals surface area contributed by atoms with Crippen molar-refractivity contribution in [3.05, 3.63) is 93.6 Å². The molecular weight excluding hydrogens is 525 g/mol. The van der Waals surface area contributed by atoms with Crippen LogP contribution in [0.5, 0.6) is 0 Å². The molecule has 0 unspecified atom stereocenters. The summed E-state index contributed by atoms with van der Waals surface area (Å²) in [5, 5.41) is 4.14. The normalized spacial score (nSPS) is 11.8. The first-order chi connectivity index (χ1) is 14.8. The van der Waals surface area contributed by atoms with Crippen LogP contribution in [0, 0.1) is 10.5 Å². The third kappa shape index (κ3) is 5.71. The molecule has 0 fully saturated rings. The zero-order valence-corrected chi connectivity index (χ0v) is 20.1. The van der Waals surface area contributed by atoms with Crippen LogP contribution in [0.25, 0.3) is 0 Å². The quantitative estimate of drug-likeness (QED) is 0.272. The second kappa shape index (κ2) is 10.1. The molecule has 8 heteroatoms. The van der Waals surface area contributed by atoms with Crippen molar-refractivity contribution in [2.24, 2.45) is 5.10 Å². The Hall–Kier alpha value is -2.72. The number of benzene rings is 3. The first-order valence-electron chi connectivity index (χ1n) is 9.51. The topological polar surface area (TPSA) is 78.8 Å². The second-order valence-corrected chi connectivity index (χ2v) is 9.96. The molecule has 0 saturated carbocycles. The lowest BCUT2D eigenvalue weighted by molar-refractivity contribution is -0.119. The summed E-state index contributed by atoms with van der Waals surface area (Å²) in [6.07, 6.45) is 0. The summed E-state index contributed by atoms with van der Waals surface area (Å²) < 4.78 is 28.9. The fraction of sp³-hybridized carbons (Fsp3) is 0.130. The van der Waals surface area contributed by atoms with E-state index in [1.807, 2.05) is 30.3 Å². The molecule has 0 saturated heterocycles. The van der Waals surface area contributed by atoms with Gasteiger partial charge in [-0.1, -0.05) is 48.5 Å². The lowest BCUT2D eigenvalue weighted by Crippen LogP contribution is -2.40. The lowest BCUT2D eigenvalue weighted by atomic mass is 10.1. The summed E-state index contributed by atoms with van der Waals surface area (Å²) in [4.78, 5) is 12.8. The highest BCUT2D eigenvalue weighted by Gasteiger charge is 2.28. The van der Waals surface area contributed by atoms with Gasteiger partial charge in [-0.25, -0.2) is 13.8 Å². The molecular formula is C23H22IN3O3S. The van der Waals surface area contributed by atoms with E-state index in [2.05, 4.69) is 33.1 Å². The van der Waals surface area contributed by atoms with Gasteiger partial charge in [0.15, 0.2) is 0 Å². The highest BCUT2D eigenvalue weighted by atomic mass is 127. The maximum absolute atomic E-state index is 13.3. The van der Waals surface area contributed by atoms with Gasteiger partial charge in [-0.15, -0.1) is 0 Å². The Morgan fingerprint density at radius 2 is 1.58 bits per heavy atom. The van der Waals surface area contributed by atoms with Crippen molar-refractivity contribution in [2.75, 3.05) is 10.8 Å². The van der Waals surface area contributed by atoms with Crippen LogP contribution in [-0.2, 0) is 14.8 Å². The molecule has 0 aromatic heterocycles. The molecule has 0 atom stereocenters. The molecule has 3 aromatic carbocycles. The Labute approximate surface area is 196 Å². The van der Waals surface area contributed by atoms with Crippen LogP contribution in [0.15, 0.2) is 88.9 Å². The summed E-state index contributed by atoms with van der Waals surface area (Å²) in [6.45, 7) is 3.19. The van der Waals surface area contributed by atoms with Crippen LogP contribution in [-0.4, -0.2) is 26.6 Å². The van der Waals surface area contributed by atoms with Crippen LogP contribution in [0.2, 0.25) is 0 Å². The van der Waals surface area contributed by atoms with Crippen LogP contribution in [0.1, 0.15) is 18.1 Å². The molecule has 0 aliphatic heterocycles. The van der Waals surface area contributed by atoms with E-state index in [-0.39, 0.29) is 4.90 Å². The molecule has 31 heavy (non-hydrogen) atoms. The van der Waals surface area contributed by atoms with Gasteiger partial charge >= 0.3 is 0 Å². The molecule has 0 heterocycles. The van der Waals surface area contributed by atoms with E-state index in [0.717, 1.165) is 19.0 Å². The molecule has 1 amide bonds. The summed E-state index contributed by atoms with van der Waals surface area (Å²) >= 11 is 2.21. The zero-order chi connectivity index (χ0) is 22.4. The standard InChI is InChI=1S/C23H22IN3O3S/c1-17-8-6-7-11-22(17)27(31(29,30)21-9-4-3-5-10-21)16-23(28)26-25-18(2)19-12-14-20(24)15-13-19/h3-15H,16H2,1-2H3,(H,26,28)/b25-18+. The number of sulfonamides is 1. The van der Waals surface area contributed by atoms with Gasteiger partial charge < -0.3 is 0 Å². The number of amides is 1. The van der Waals surface area contributed by atoms with E-state index in [0.29, 0.717) is 11.4 Å². The maximum atomic E-state index is 13.3. The first kappa shape index (κ1) is 23.0. The van der Waals surface area contributed by atoms with Gasteiger partial charge in [0, 0.05) is 3.57 Å². The predicted molar refractivity (Wildman–Crippen MR) is 132 cm³/mol. The number of nitrogens with zero attached hydrogens (tertiary/aromatic N) is 2. The Morgan fingerprint density at radius 1 is 0.968 bits per heavy atom. The number of para-hydroxylation sites is 1. The van der Waals surface area contributed by atoms with Gasteiger partial charge in [0.25, 0.3) is 15.9 Å². The van der Waals surface area contributed by atoms with Crippen molar-refractivity contribution >= 4 is 49.9 Å². The van der Waals surface area contributed by atoms with Crippen LogP contribution in [0.4, 0.5) is 5.69 Å². The van der Waals surface area contributed by atoms with Crippen molar-refractivity contribution in [1.29, 1.82) is 0 Å². The third-order valence-electron chi connectivity index (χ3n) is 4.61. The van der Waals surface area contributed by atoms with Gasteiger partial charge in [-0.05, 0) is 77.9 Å². The average Bonchev–Trinajstić information content (AvgIpc) is 2.77. The van der Waals surface area contributed by atoms with Gasteiger partial charge in [0.05, 0.1) is 16.3 Å². The molecule has 0 radical (unpaired) electrons. The minimum absolute atomic E-state index is 0.115. The van der Waals surface area contributed by atoms with Crippen molar-refractivity contribution in [2.45, 2.75) is 18.7 Å². The van der Waals surface area contributed by atoms with E-state index in [1.54, 1.807) is 50.2 Å². The molecule has 0 aliphatic rings. The van der Waals surface area contributed by atoms with E-state index >= 15 is 0 Å². The number of carbonyl (C=O) groups excluding carboxylic acids is 1. The maximum Gasteiger partial charge on any atom is 0.264 e. The summed E-state index contributed by atoms with van der Waals surface area (Å²) in [5.41, 5.74) is 5.16. The average molecular weight is 547 g/mol. The Morgan fingerprint density at radius 3 is 2.23 bits per heavy atom. The van der Waals surface area contributed by atoms with Crippen molar-refractivity contribution in [1.82, 2.24) is 5.43 Å². The summed E-state index contributed by atoms with van der Waals surface area (Å²) in [5.74, 6) is -0.535. The Balaban J connectivity index is 1.87. The molecule has 6 nitrogen and oxygen atoms in total. The first-order valence-corrected chi connectivity index (χ1v) is 12.0. The van der Waals surface area contributed by atoms with Crippen molar-refractivity contribution in [3.63, 3.8) is 0 Å². The van der Waals surface area contributed by atoms with E-state index in [1.165, 1.54) is 12.1 Å². The van der Waals surface area contributed by atoms with Gasteiger partial charge in [-0.3, -0.25) is 9.10 Å². The molecule has 160 valence electrons. The second-order valence-electron chi connectivity index (χ2n) is 6.85. The minimum Gasteiger partial charge on any atom is -0.271 e. The predicted octanol–water partition coefficient (Wildman–Crippen LogP) is 4.34. The van der Waals surface area contributed by atoms with Crippen LogP contribution < -0.4 is 9.73 Å². The number of hydrazone groups is 1. The number of nitrogens with one attached hydrogen (secondary N) is 1. The number of hydrogen-bond acceptors (Lipinski definition) is 4. The number of carbonyl (C=O) groups is 1. The Kier molecular flexibility index (Phi) is 7.45. The fourth-order valence-corrected chi connectivity index (χ4v) is 4.80. The monoisotopic (exact) mass is 547 g/mol. The fourth-order valence-electron chi connectivity index (χ4n) is 2.93. The van der Waals surface area contributed by atoms with Gasteiger partial charge in [0.2, 0.25) is 0 Å². The number of aryl methyl sites for hydroxylation is 1. The number of hydrogen-bond donors (Lipinski definition) is 1. The molecule has 3 aromatic rings. The number of rotatable bonds is 7. The van der Waals surface area contributed by atoms with Crippen LogP contribution >= 0.6 is 22.6 Å². The smallest absolute Gasteiger partial charge is 0.264 e. The highest BCUT2D eigenvalue weighted by Crippen LogP contribution is 2.26. The van der Waals surface area contributed by atoms with E-state index < -0.39 is 22.5 Å². The van der Waals surface area contributed by atoms with E-state index in [9.17, 15) is 13.2 Å². The highest BCUT2D eigenvalue weighted by molar-refractivity contribution is 14.1. The SMILES string of the molecule is C/C(=N\NC(=O)CN(c1ccccc1C)S(=O)(=O)c1ccccc1)c1ccc(I)cc1. The van der Waals surface area contributed by atoms with Gasteiger partial charge in [0.1, 0.15) is 6.54 Å². The number of anilines is 1. The largest absolute Gasteiger partial charge is 0.271 e.